The Morgan fingerprint density at radius 2 is 1.70 bits per heavy atom. The lowest BCUT2D eigenvalue weighted by molar-refractivity contribution is -0.502. The van der Waals surface area contributed by atoms with Crippen molar-refractivity contribution in [3.63, 3.8) is 0 Å². The van der Waals surface area contributed by atoms with E-state index < -0.39 is 12.0 Å². The molecular formula is C22H26N3O5+. The average Bonchev–Trinajstić information content (AvgIpc) is 2.78. The van der Waals surface area contributed by atoms with Crippen molar-refractivity contribution in [3.05, 3.63) is 59.2 Å². The Balaban J connectivity index is 2.24. The van der Waals surface area contributed by atoms with Crippen molar-refractivity contribution in [1.29, 1.82) is 0 Å². The van der Waals surface area contributed by atoms with E-state index in [1.54, 1.807) is 19.1 Å². The minimum absolute atomic E-state index is 0.242. The first-order valence-electron chi connectivity index (χ1n) is 9.46. The standard InChI is InChI=1S/C22H25N3O5/c1-5-30-21(26)17-18(13-9-7-6-8-10-13)24-22(23)25-19(17)14-11-15(27-2)20(29-4)16(12-14)28-3/h6-12,19H,5H2,1-4H3,(H3,23,24,25)/p+1/t19-/m0/s1. The summed E-state index contributed by atoms with van der Waals surface area (Å²) in [5.74, 6) is 1.24. The Hall–Kier alpha value is -3.68. The number of benzene rings is 2. The lowest BCUT2D eigenvalue weighted by Crippen LogP contribution is -2.82. The van der Waals surface area contributed by atoms with Gasteiger partial charge in [-0.1, -0.05) is 30.3 Å². The molecule has 4 N–H and O–H groups in total. The van der Waals surface area contributed by atoms with Gasteiger partial charge >= 0.3 is 11.9 Å². The molecular weight excluding hydrogens is 386 g/mol. The summed E-state index contributed by atoms with van der Waals surface area (Å²) < 4.78 is 21.7. The van der Waals surface area contributed by atoms with Crippen molar-refractivity contribution in [1.82, 2.24) is 5.32 Å². The Kier molecular flexibility index (Phi) is 6.46. The fraction of sp³-hybridized carbons (Fsp3) is 0.273. The molecule has 8 nitrogen and oxygen atoms in total. The van der Waals surface area contributed by atoms with Gasteiger partial charge in [0.1, 0.15) is 17.3 Å². The first-order valence-corrected chi connectivity index (χ1v) is 9.46. The maximum absolute atomic E-state index is 13.0. The number of hydrogen-bond donors (Lipinski definition) is 3. The Morgan fingerprint density at radius 3 is 2.23 bits per heavy atom. The van der Waals surface area contributed by atoms with E-state index in [0.29, 0.717) is 40.0 Å². The smallest absolute Gasteiger partial charge is 0.346 e. The first-order chi connectivity index (χ1) is 14.5. The molecule has 158 valence electrons. The molecule has 8 heteroatoms. The van der Waals surface area contributed by atoms with Crippen molar-refractivity contribution in [2.75, 3.05) is 27.9 Å². The van der Waals surface area contributed by atoms with Gasteiger partial charge in [-0.15, -0.1) is 0 Å². The molecule has 1 aliphatic heterocycles. The van der Waals surface area contributed by atoms with Crippen LogP contribution in [0.15, 0.2) is 48.0 Å². The highest BCUT2D eigenvalue weighted by Gasteiger charge is 2.36. The number of esters is 1. The molecule has 1 heterocycles. The zero-order valence-corrected chi connectivity index (χ0v) is 17.4. The monoisotopic (exact) mass is 412 g/mol. The normalized spacial score (nSPS) is 15.7. The summed E-state index contributed by atoms with van der Waals surface area (Å²) in [5.41, 5.74) is 8.62. The second-order valence-corrected chi connectivity index (χ2v) is 6.45. The molecule has 0 aliphatic carbocycles. The van der Waals surface area contributed by atoms with E-state index in [-0.39, 0.29) is 6.61 Å². The zero-order chi connectivity index (χ0) is 21.7. The van der Waals surface area contributed by atoms with Crippen LogP contribution in [0, 0.1) is 0 Å². The van der Waals surface area contributed by atoms with Crippen molar-refractivity contribution < 1.29 is 28.7 Å². The van der Waals surface area contributed by atoms with E-state index in [0.717, 1.165) is 5.56 Å². The highest BCUT2D eigenvalue weighted by molar-refractivity contribution is 6.02. The SMILES string of the molecule is CCOC(=O)C1=C(c2ccccc2)NC(N)=[NH+][C@H]1c1cc(OC)c(OC)c(OC)c1. The lowest BCUT2D eigenvalue weighted by atomic mass is 9.93. The second-order valence-electron chi connectivity index (χ2n) is 6.45. The minimum atomic E-state index is -0.603. The molecule has 1 aliphatic rings. The lowest BCUT2D eigenvalue weighted by Gasteiger charge is -2.24. The molecule has 30 heavy (non-hydrogen) atoms. The third kappa shape index (κ3) is 4.03. The number of nitrogens with two attached hydrogens (primary N) is 1. The quantitative estimate of drug-likeness (QED) is 0.576. The van der Waals surface area contributed by atoms with Crippen LogP contribution in [0.3, 0.4) is 0 Å². The summed E-state index contributed by atoms with van der Waals surface area (Å²) in [6.07, 6.45) is 0. The van der Waals surface area contributed by atoms with Crippen molar-refractivity contribution >= 4 is 17.6 Å². The molecule has 2 aromatic rings. The van der Waals surface area contributed by atoms with Gasteiger partial charge in [0.15, 0.2) is 11.5 Å². The van der Waals surface area contributed by atoms with Gasteiger partial charge in [-0.2, -0.15) is 0 Å². The first kappa shape index (κ1) is 21.0. The molecule has 1 atom stereocenters. The summed E-state index contributed by atoms with van der Waals surface area (Å²) in [6, 6.07) is 12.4. The molecule has 0 fully saturated rings. The number of rotatable bonds is 7. The van der Waals surface area contributed by atoms with Crippen molar-refractivity contribution in [3.8, 4) is 17.2 Å². The van der Waals surface area contributed by atoms with Gasteiger partial charge in [-0.3, -0.25) is 10.7 Å². The van der Waals surface area contributed by atoms with Crippen LogP contribution >= 0.6 is 0 Å². The van der Waals surface area contributed by atoms with Crippen molar-refractivity contribution in [2.24, 2.45) is 5.73 Å². The third-order valence-corrected chi connectivity index (χ3v) is 4.70. The topological polar surface area (TPSA) is 106 Å². The highest BCUT2D eigenvalue weighted by Crippen LogP contribution is 2.41. The molecule has 0 saturated carbocycles. The maximum Gasteiger partial charge on any atom is 0.346 e. The van der Waals surface area contributed by atoms with Crippen LogP contribution < -0.4 is 30.3 Å². The Labute approximate surface area is 175 Å². The van der Waals surface area contributed by atoms with Gasteiger partial charge < -0.3 is 18.9 Å². The summed E-state index contributed by atoms with van der Waals surface area (Å²) in [7, 11) is 4.61. The van der Waals surface area contributed by atoms with Gasteiger partial charge in [0.25, 0.3) is 0 Å². The van der Waals surface area contributed by atoms with Gasteiger partial charge in [-0.25, -0.2) is 10.1 Å². The molecule has 2 aromatic carbocycles. The van der Waals surface area contributed by atoms with Crippen molar-refractivity contribution in [2.45, 2.75) is 13.0 Å². The maximum atomic E-state index is 13.0. The Bertz CT molecular complexity index is 961. The number of carbonyl (C=O) groups excluding carboxylic acids is 1. The number of hydrogen-bond acceptors (Lipinski definition) is 7. The van der Waals surface area contributed by atoms with Crippen LogP contribution in [0.2, 0.25) is 0 Å². The predicted octanol–water partition coefficient (Wildman–Crippen LogP) is 0.726. The zero-order valence-electron chi connectivity index (χ0n) is 17.4. The van der Waals surface area contributed by atoms with Gasteiger partial charge in [-0.05, 0) is 19.1 Å². The van der Waals surface area contributed by atoms with Crippen LogP contribution in [-0.2, 0) is 9.53 Å². The predicted molar refractivity (Wildman–Crippen MR) is 112 cm³/mol. The van der Waals surface area contributed by atoms with E-state index in [1.807, 2.05) is 30.3 Å². The molecule has 3 rings (SSSR count). The summed E-state index contributed by atoms with van der Waals surface area (Å²) in [6.45, 7) is 2.00. The summed E-state index contributed by atoms with van der Waals surface area (Å²) in [4.78, 5) is 16.1. The van der Waals surface area contributed by atoms with E-state index in [4.69, 9.17) is 24.7 Å². The molecule has 0 amide bonds. The number of guanidine groups is 1. The molecule has 0 spiro atoms. The summed E-state index contributed by atoms with van der Waals surface area (Å²) in [5, 5.41) is 3.08. The van der Waals surface area contributed by atoms with E-state index in [9.17, 15) is 4.79 Å². The molecule has 0 radical (unpaired) electrons. The number of ether oxygens (including phenoxy) is 4. The second kappa shape index (κ2) is 9.21. The fourth-order valence-corrected chi connectivity index (χ4v) is 3.39. The fourth-order valence-electron chi connectivity index (χ4n) is 3.39. The van der Waals surface area contributed by atoms with E-state index in [1.165, 1.54) is 21.3 Å². The molecule has 0 aromatic heterocycles. The Morgan fingerprint density at radius 1 is 1.07 bits per heavy atom. The van der Waals surface area contributed by atoms with Gasteiger partial charge in [0.2, 0.25) is 5.75 Å². The van der Waals surface area contributed by atoms with E-state index in [2.05, 4.69) is 10.3 Å². The van der Waals surface area contributed by atoms with E-state index >= 15 is 0 Å². The summed E-state index contributed by atoms with van der Waals surface area (Å²) >= 11 is 0. The molecule has 0 unspecified atom stereocenters. The van der Waals surface area contributed by atoms with Crippen LogP contribution in [0.25, 0.3) is 5.70 Å². The van der Waals surface area contributed by atoms with Crippen LogP contribution in [-0.4, -0.2) is 39.9 Å². The minimum Gasteiger partial charge on any atom is -0.493 e. The van der Waals surface area contributed by atoms with Gasteiger partial charge in [0.05, 0.1) is 27.9 Å². The van der Waals surface area contributed by atoms with Gasteiger partial charge in [0, 0.05) is 11.1 Å². The number of methoxy groups -OCH3 is 3. The molecule has 0 bridgehead atoms. The van der Waals surface area contributed by atoms with Crippen LogP contribution in [0.4, 0.5) is 0 Å². The average molecular weight is 412 g/mol. The third-order valence-electron chi connectivity index (χ3n) is 4.70. The highest BCUT2D eigenvalue weighted by atomic mass is 16.5. The van der Waals surface area contributed by atoms with Crippen LogP contribution in [0.5, 0.6) is 17.2 Å². The largest absolute Gasteiger partial charge is 0.493 e. The number of nitrogens with one attached hydrogen (secondary N) is 2. The van der Waals surface area contributed by atoms with Crippen LogP contribution in [0.1, 0.15) is 24.1 Å². The molecule has 0 saturated heterocycles. The number of carbonyl (C=O) groups is 1.